The number of hydrogen-bond acceptors (Lipinski definition) is 7. The Morgan fingerprint density at radius 1 is 1.17 bits per heavy atom. The number of benzene rings is 2. The molecule has 0 atom stereocenters. The number of aromatic nitrogens is 4. The summed E-state index contributed by atoms with van der Waals surface area (Å²) in [5, 5.41) is 13.3. The highest BCUT2D eigenvalue weighted by atomic mass is 19.3. The van der Waals surface area contributed by atoms with Crippen molar-refractivity contribution in [3.63, 3.8) is 0 Å². The van der Waals surface area contributed by atoms with Crippen molar-refractivity contribution < 1.29 is 18.3 Å². The van der Waals surface area contributed by atoms with Gasteiger partial charge in [0.15, 0.2) is 0 Å². The lowest BCUT2D eigenvalue weighted by molar-refractivity contribution is -0.112. The topological polar surface area (TPSA) is 132 Å². The van der Waals surface area contributed by atoms with Crippen molar-refractivity contribution in [3.8, 4) is 40.2 Å². The summed E-state index contributed by atoms with van der Waals surface area (Å²) in [6.45, 7) is 7.23. The van der Waals surface area contributed by atoms with Crippen LogP contribution in [0.15, 0.2) is 73.1 Å². The molecule has 0 aliphatic carbocycles. The SMILES string of the molecule is C=C(C)C(=O)Nc1ccc(-c2c(-c3ccc(Oc4nccc(C(F)F)n4)cc3)c3c(N)ncc(C#N)c3n2C)c(C)c1. The van der Waals surface area contributed by atoms with Crippen molar-refractivity contribution in [2.45, 2.75) is 20.3 Å². The number of nitriles is 1. The summed E-state index contributed by atoms with van der Waals surface area (Å²) in [5.74, 6) is 0.310. The monoisotopic (exact) mass is 565 g/mol. The van der Waals surface area contributed by atoms with E-state index in [2.05, 4.69) is 32.9 Å². The number of pyridine rings is 1. The molecule has 2 aromatic carbocycles. The van der Waals surface area contributed by atoms with E-state index in [-0.39, 0.29) is 17.7 Å². The van der Waals surface area contributed by atoms with Crippen LogP contribution in [0.4, 0.5) is 20.3 Å². The molecule has 5 rings (SSSR count). The minimum Gasteiger partial charge on any atom is -0.424 e. The number of carbonyl (C=O) groups excluding carboxylic acids is 1. The highest BCUT2D eigenvalue weighted by Gasteiger charge is 2.24. The van der Waals surface area contributed by atoms with Gasteiger partial charge in [-0.1, -0.05) is 24.8 Å². The lowest BCUT2D eigenvalue weighted by atomic mass is 9.95. The fraction of sp³-hybridized carbons (Fsp3) is 0.129. The summed E-state index contributed by atoms with van der Waals surface area (Å²) >= 11 is 0. The molecule has 5 aromatic rings. The molecule has 0 saturated carbocycles. The number of rotatable bonds is 7. The number of aryl methyl sites for hydroxylation is 2. The number of hydrogen-bond donors (Lipinski definition) is 2. The maximum Gasteiger partial charge on any atom is 0.322 e. The number of nitrogen functional groups attached to an aromatic ring is 1. The van der Waals surface area contributed by atoms with E-state index in [0.717, 1.165) is 34.0 Å². The van der Waals surface area contributed by atoms with Crippen LogP contribution in [-0.4, -0.2) is 25.4 Å². The molecular weight excluding hydrogens is 540 g/mol. The van der Waals surface area contributed by atoms with Crippen LogP contribution >= 0.6 is 0 Å². The molecule has 0 aliphatic heterocycles. The molecule has 0 saturated heterocycles. The van der Waals surface area contributed by atoms with Gasteiger partial charge in [0.05, 0.1) is 22.2 Å². The molecule has 3 heterocycles. The van der Waals surface area contributed by atoms with E-state index in [9.17, 15) is 18.8 Å². The van der Waals surface area contributed by atoms with Gasteiger partial charge >= 0.3 is 6.01 Å². The summed E-state index contributed by atoms with van der Waals surface area (Å²) in [5.41, 5.74) is 11.9. The Kier molecular flexibility index (Phi) is 7.37. The molecule has 0 bridgehead atoms. The number of nitrogens with zero attached hydrogens (tertiary/aromatic N) is 5. The number of ether oxygens (including phenoxy) is 1. The average Bonchev–Trinajstić information content (AvgIpc) is 3.27. The van der Waals surface area contributed by atoms with Crippen molar-refractivity contribution >= 4 is 28.3 Å². The van der Waals surface area contributed by atoms with Gasteiger partial charge in [0.1, 0.15) is 23.3 Å². The zero-order chi connectivity index (χ0) is 30.1. The van der Waals surface area contributed by atoms with Crippen LogP contribution in [-0.2, 0) is 11.8 Å². The van der Waals surface area contributed by atoms with Crippen LogP contribution in [0.5, 0.6) is 11.8 Å². The van der Waals surface area contributed by atoms with Gasteiger partial charge < -0.3 is 20.4 Å². The summed E-state index contributed by atoms with van der Waals surface area (Å²) < 4.78 is 33.6. The quantitative estimate of drug-likeness (QED) is 0.210. The Hall–Kier alpha value is -5.63. The number of fused-ring (bicyclic) bond motifs is 1. The maximum absolute atomic E-state index is 13.1. The third-order valence-corrected chi connectivity index (χ3v) is 6.72. The Morgan fingerprint density at radius 2 is 1.90 bits per heavy atom. The highest BCUT2D eigenvalue weighted by molar-refractivity contribution is 6.11. The number of amides is 1. The van der Waals surface area contributed by atoms with Crippen LogP contribution in [0.3, 0.4) is 0 Å². The number of alkyl halides is 2. The number of anilines is 2. The minimum absolute atomic E-state index is 0.201. The number of nitrogens with one attached hydrogen (secondary N) is 1. The number of nitrogens with two attached hydrogens (primary N) is 1. The van der Waals surface area contributed by atoms with Gasteiger partial charge in [0.2, 0.25) is 0 Å². The van der Waals surface area contributed by atoms with E-state index in [4.69, 9.17) is 10.5 Å². The molecule has 1 amide bonds. The molecule has 210 valence electrons. The minimum atomic E-state index is -2.75. The molecule has 0 aliphatic rings. The normalized spacial score (nSPS) is 11.0. The van der Waals surface area contributed by atoms with Crippen LogP contribution in [0.2, 0.25) is 0 Å². The maximum atomic E-state index is 13.1. The molecule has 0 radical (unpaired) electrons. The first kappa shape index (κ1) is 27.9. The summed E-state index contributed by atoms with van der Waals surface area (Å²) in [4.78, 5) is 24.1. The zero-order valence-electron chi connectivity index (χ0n) is 22.9. The average molecular weight is 566 g/mol. The summed E-state index contributed by atoms with van der Waals surface area (Å²) in [7, 11) is 1.85. The van der Waals surface area contributed by atoms with Crippen molar-refractivity contribution in [2.24, 2.45) is 7.05 Å². The lowest BCUT2D eigenvalue weighted by Crippen LogP contribution is -2.11. The number of carbonyl (C=O) groups is 1. The fourth-order valence-electron chi connectivity index (χ4n) is 4.75. The predicted octanol–water partition coefficient (Wildman–Crippen LogP) is 6.70. The van der Waals surface area contributed by atoms with Crippen molar-refractivity contribution in [1.82, 2.24) is 19.5 Å². The Balaban J connectivity index is 1.64. The van der Waals surface area contributed by atoms with E-state index in [1.54, 1.807) is 37.3 Å². The second kappa shape index (κ2) is 11.1. The molecule has 0 fully saturated rings. The third kappa shape index (κ3) is 5.13. The van der Waals surface area contributed by atoms with Crippen LogP contribution in [0, 0.1) is 18.3 Å². The largest absolute Gasteiger partial charge is 0.424 e. The summed E-state index contributed by atoms with van der Waals surface area (Å²) in [6, 6.07) is 15.6. The Labute approximate surface area is 239 Å². The number of halogens is 2. The van der Waals surface area contributed by atoms with Gasteiger partial charge in [-0.25, -0.2) is 18.7 Å². The second-order valence-electron chi connectivity index (χ2n) is 9.63. The Bertz CT molecular complexity index is 1910. The zero-order valence-corrected chi connectivity index (χ0v) is 22.9. The molecule has 9 nitrogen and oxygen atoms in total. The first-order valence-electron chi connectivity index (χ1n) is 12.7. The molecule has 3 aromatic heterocycles. The van der Waals surface area contributed by atoms with Gasteiger partial charge in [-0.2, -0.15) is 10.2 Å². The molecule has 0 unspecified atom stereocenters. The summed E-state index contributed by atoms with van der Waals surface area (Å²) in [6.07, 6.45) is -0.0979. The molecule has 11 heteroatoms. The second-order valence-corrected chi connectivity index (χ2v) is 9.63. The smallest absolute Gasteiger partial charge is 0.322 e. The van der Waals surface area contributed by atoms with E-state index in [1.165, 1.54) is 12.4 Å². The highest BCUT2D eigenvalue weighted by Crippen LogP contribution is 2.44. The molecule has 0 spiro atoms. The standard InChI is InChI=1S/C31H25F2N7O2/c1-16(2)30(41)38-20-7-10-22(17(3)13-20)27-24(25-26(40(27)4)19(14-34)15-37-29(25)35)18-5-8-21(9-6-18)42-31-36-12-11-23(39-31)28(32)33/h5-13,15,28H,1H2,2-4H3,(H2,35,37)(H,38,41). The van der Waals surface area contributed by atoms with Crippen molar-refractivity contribution in [3.05, 3.63) is 89.9 Å². The lowest BCUT2D eigenvalue weighted by Gasteiger charge is -2.14. The fourth-order valence-corrected chi connectivity index (χ4v) is 4.75. The van der Waals surface area contributed by atoms with Crippen LogP contribution < -0.4 is 15.8 Å². The Morgan fingerprint density at radius 3 is 2.55 bits per heavy atom. The molecule has 3 N–H and O–H groups in total. The van der Waals surface area contributed by atoms with E-state index in [0.29, 0.717) is 33.5 Å². The predicted molar refractivity (Wildman–Crippen MR) is 156 cm³/mol. The van der Waals surface area contributed by atoms with Crippen LogP contribution in [0.1, 0.15) is 30.2 Å². The van der Waals surface area contributed by atoms with Crippen molar-refractivity contribution in [1.29, 1.82) is 5.26 Å². The van der Waals surface area contributed by atoms with E-state index >= 15 is 0 Å². The molecular formula is C31H25F2N7O2. The first-order chi connectivity index (χ1) is 20.1. The third-order valence-electron chi connectivity index (χ3n) is 6.72. The van der Waals surface area contributed by atoms with Gasteiger partial charge in [-0.05, 0) is 55.3 Å². The van der Waals surface area contributed by atoms with E-state index < -0.39 is 12.1 Å². The van der Waals surface area contributed by atoms with Gasteiger partial charge in [-0.15, -0.1) is 0 Å². The van der Waals surface area contributed by atoms with Gasteiger partial charge in [0.25, 0.3) is 12.3 Å². The first-order valence-corrected chi connectivity index (χ1v) is 12.7. The molecule has 42 heavy (non-hydrogen) atoms. The van der Waals surface area contributed by atoms with Crippen LogP contribution in [0.25, 0.3) is 33.3 Å². The van der Waals surface area contributed by atoms with Gasteiger partial charge in [-0.3, -0.25) is 4.79 Å². The van der Waals surface area contributed by atoms with Crippen molar-refractivity contribution in [2.75, 3.05) is 11.1 Å². The van der Waals surface area contributed by atoms with E-state index in [1.807, 2.05) is 30.7 Å². The van der Waals surface area contributed by atoms with Gasteiger partial charge in [0, 0.05) is 41.8 Å².